The first-order valence-electron chi connectivity index (χ1n) is 8.49. The van der Waals surface area contributed by atoms with Gasteiger partial charge in [-0.15, -0.1) is 0 Å². The smallest absolute Gasteiger partial charge is 0.252 e. The summed E-state index contributed by atoms with van der Waals surface area (Å²) < 4.78 is 23.6. The molecule has 0 radical (unpaired) electrons. The normalized spacial score (nSPS) is 12.0. The highest BCUT2D eigenvalue weighted by Crippen LogP contribution is 2.32. The maximum atomic E-state index is 12.7. The second-order valence-corrected chi connectivity index (χ2v) is 9.22. The predicted molar refractivity (Wildman–Crippen MR) is 112 cm³/mol. The molecule has 2 aromatic rings. The number of nitrogens with one attached hydrogen (secondary N) is 1. The van der Waals surface area contributed by atoms with Gasteiger partial charge in [0.15, 0.2) is 0 Å². The van der Waals surface area contributed by atoms with E-state index in [0.29, 0.717) is 16.0 Å². The Morgan fingerprint density at radius 2 is 1.74 bits per heavy atom. The molecular weight excluding hydrogens is 452 g/mol. The molecule has 2 rings (SSSR count). The Bertz CT molecular complexity index is 926. The van der Waals surface area contributed by atoms with E-state index in [1.165, 1.54) is 18.2 Å². The van der Waals surface area contributed by atoms with Crippen molar-refractivity contribution in [1.29, 1.82) is 0 Å². The summed E-state index contributed by atoms with van der Waals surface area (Å²) >= 11 is 9.28. The van der Waals surface area contributed by atoms with E-state index in [1.54, 1.807) is 0 Å². The molecule has 0 atom stereocenters. The van der Waals surface area contributed by atoms with Crippen molar-refractivity contribution < 1.29 is 13.2 Å². The van der Waals surface area contributed by atoms with Crippen LogP contribution in [0.2, 0.25) is 5.02 Å². The third-order valence-electron chi connectivity index (χ3n) is 4.91. The van der Waals surface area contributed by atoms with E-state index in [4.69, 9.17) is 16.7 Å². The summed E-state index contributed by atoms with van der Waals surface area (Å²) in [6, 6.07) is 11.7. The molecule has 0 aliphatic heterocycles. The van der Waals surface area contributed by atoms with Gasteiger partial charge in [0.2, 0.25) is 10.0 Å². The van der Waals surface area contributed by atoms with Gasteiger partial charge < -0.3 is 5.32 Å². The number of hydrogen-bond acceptors (Lipinski definition) is 3. The van der Waals surface area contributed by atoms with Crippen molar-refractivity contribution in [2.75, 3.05) is 6.54 Å². The number of hydrogen-bond donors (Lipinski definition) is 2. The molecule has 2 aromatic carbocycles. The molecule has 0 unspecified atom stereocenters. The number of amides is 1. The van der Waals surface area contributed by atoms with Gasteiger partial charge in [-0.05, 0) is 64.7 Å². The van der Waals surface area contributed by atoms with Crippen molar-refractivity contribution in [3.63, 3.8) is 0 Å². The molecular formula is C19H22BrClN2O3S. The first-order valence-corrected chi connectivity index (χ1v) is 11.2. The summed E-state index contributed by atoms with van der Waals surface area (Å²) in [7, 11) is -3.89. The molecule has 0 bridgehead atoms. The minimum Gasteiger partial charge on any atom is -0.351 e. The number of carbonyl (C=O) groups is 1. The molecule has 0 saturated carbocycles. The van der Waals surface area contributed by atoms with Crippen molar-refractivity contribution in [2.45, 2.75) is 37.0 Å². The molecule has 0 saturated heterocycles. The summed E-state index contributed by atoms with van der Waals surface area (Å²) in [6.45, 7) is 4.55. The van der Waals surface area contributed by atoms with E-state index >= 15 is 0 Å². The highest BCUT2D eigenvalue weighted by molar-refractivity contribution is 9.10. The Morgan fingerprint density at radius 1 is 1.15 bits per heavy atom. The Labute approximate surface area is 173 Å². The fourth-order valence-corrected chi connectivity index (χ4v) is 4.11. The highest BCUT2D eigenvalue weighted by atomic mass is 79.9. The van der Waals surface area contributed by atoms with E-state index in [1.807, 2.05) is 24.3 Å². The molecule has 1 amide bonds. The number of primary sulfonamides is 1. The lowest BCUT2D eigenvalue weighted by Gasteiger charge is -2.33. The minimum absolute atomic E-state index is 0.106. The fraction of sp³-hybridized carbons (Fsp3) is 0.316. The van der Waals surface area contributed by atoms with Crippen LogP contribution in [0.1, 0.15) is 42.6 Å². The molecule has 5 nitrogen and oxygen atoms in total. The Morgan fingerprint density at radius 3 is 2.26 bits per heavy atom. The molecule has 0 spiro atoms. The van der Waals surface area contributed by atoms with E-state index in [2.05, 4.69) is 35.1 Å². The molecule has 0 aromatic heterocycles. The lowest BCUT2D eigenvalue weighted by atomic mass is 9.75. The predicted octanol–water partition coefficient (Wildman–Crippen LogP) is 4.24. The summed E-state index contributed by atoms with van der Waals surface area (Å²) in [4.78, 5) is 12.6. The SMILES string of the molecule is CCC(CC)(CNC(=O)c1cc(S(N)(=O)=O)ccc1Br)c1ccc(Cl)cc1. The molecule has 146 valence electrons. The van der Waals surface area contributed by atoms with E-state index in [0.717, 1.165) is 18.4 Å². The minimum atomic E-state index is -3.89. The highest BCUT2D eigenvalue weighted by Gasteiger charge is 2.29. The number of benzene rings is 2. The number of carbonyl (C=O) groups excluding carboxylic acids is 1. The van der Waals surface area contributed by atoms with E-state index < -0.39 is 10.0 Å². The summed E-state index contributed by atoms with van der Waals surface area (Å²) in [5.41, 5.74) is 1.07. The van der Waals surface area contributed by atoms with Crippen molar-refractivity contribution in [3.8, 4) is 0 Å². The topological polar surface area (TPSA) is 89.3 Å². The molecule has 0 fully saturated rings. The Hall–Kier alpha value is -1.41. The van der Waals surface area contributed by atoms with Gasteiger partial charge in [0, 0.05) is 21.5 Å². The zero-order valence-corrected chi connectivity index (χ0v) is 18.3. The van der Waals surface area contributed by atoms with Crippen LogP contribution >= 0.6 is 27.5 Å². The van der Waals surface area contributed by atoms with Gasteiger partial charge in [-0.25, -0.2) is 13.6 Å². The van der Waals surface area contributed by atoms with Crippen molar-refractivity contribution in [2.24, 2.45) is 5.14 Å². The van der Waals surface area contributed by atoms with Crippen LogP contribution in [0.5, 0.6) is 0 Å². The fourth-order valence-electron chi connectivity index (χ4n) is 3.01. The second-order valence-electron chi connectivity index (χ2n) is 6.36. The van der Waals surface area contributed by atoms with Gasteiger partial charge >= 0.3 is 0 Å². The standard InChI is InChI=1S/C19H22BrClN2O3S/c1-3-19(4-2,13-5-7-14(21)8-6-13)12-23-18(24)16-11-15(27(22,25)26)9-10-17(16)20/h5-11H,3-4,12H2,1-2H3,(H,23,24)(H2,22,25,26). The van der Waals surface area contributed by atoms with Gasteiger partial charge in [-0.2, -0.15) is 0 Å². The zero-order valence-electron chi connectivity index (χ0n) is 15.1. The first kappa shape index (κ1) is 21.9. The van der Waals surface area contributed by atoms with Crippen LogP contribution in [0.3, 0.4) is 0 Å². The first-order chi connectivity index (χ1) is 12.6. The maximum absolute atomic E-state index is 12.7. The summed E-state index contributed by atoms with van der Waals surface area (Å²) in [6.07, 6.45) is 1.65. The largest absolute Gasteiger partial charge is 0.351 e. The van der Waals surface area contributed by atoms with E-state index in [9.17, 15) is 13.2 Å². The van der Waals surface area contributed by atoms with Crippen LogP contribution in [-0.2, 0) is 15.4 Å². The van der Waals surface area contributed by atoms with Crippen molar-refractivity contribution >= 4 is 43.5 Å². The third-order valence-corrected chi connectivity index (χ3v) is 6.76. The maximum Gasteiger partial charge on any atom is 0.252 e. The van der Waals surface area contributed by atoms with Crippen molar-refractivity contribution in [1.82, 2.24) is 5.32 Å². The number of sulfonamides is 1. The van der Waals surface area contributed by atoms with Crippen LogP contribution in [0.4, 0.5) is 0 Å². The molecule has 0 aliphatic carbocycles. The number of rotatable bonds is 7. The Balaban J connectivity index is 2.28. The molecule has 0 aliphatic rings. The van der Waals surface area contributed by atoms with Gasteiger partial charge in [-0.3, -0.25) is 4.79 Å². The molecule has 0 heterocycles. The van der Waals surface area contributed by atoms with E-state index in [-0.39, 0.29) is 21.8 Å². The van der Waals surface area contributed by atoms with Crippen LogP contribution in [0.15, 0.2) is 51.8 Å². The quantitative estimate of drug-likeness (QED) is 0.630. The average Bonchev–Trinajstić information content (AvgIpc) is 2.63. The van der Waals surface area contributed by atoms with Crippen molar-refractivity contribution in [3.05, 3.63) is 63.1 Å². The average molecular weight is 474 g/mol. The molecule has 8 heteroatoms. The zero-order chi connectivity index (χ0) is 20.2. The third kappa shape index (κ3) is 5.10. The van der Waals surface area contributed by atoms with Crippen LogP contribution < -0.4 is 10.5 Å². The molecule has 27 heavy (non-hydrogen) atoms. The van der Waals surface area contributed by atoms with Gasteiger partial charge in [0.1, 0.15) is 0 Å². The summed E-state index contributed by atoms with van der Waals surface area (Å²) in [5, 5.41) is 8.76. The lowest BCUT2D eigenvalue weighted by Crippen LogP contribution is -2.40. The van der Waals surface area contributed by atoms with Gasteiger partial charge in [-0.1, -0.05) is 37.6 Å². The second kappa shape index (κ2) is 8.73. The monoisotopic (exact) mass is 472 g/mol. The van der Waals surface area contributed by atoms with Crippen LogP contribution in [0.25, 0.3) is 0 Å². The number of nitrogens with two attached hydrogens (primary N) is 1. The van der Waals surface area contributed by atoms with Gasteiger partial charge in [0.05, 0.1) is 10.5 Å². The lowest BCUT2D eigenvalue weighted by molar-refractivity contribution is 0.0940. The summed E-state index contributed by atoms with van der Waals surface area (Å²) in [5.74, 6) is -0.368. The molecule has 3 N–H and O–H groups in total. The Kier molecular flexibility index (Phi) is 7.08. The van der Waals surface area contributed by atoms with Crippen LogP contribution in [0, 0.1) is 0 Å². The number of halogens is 2. The van der Waals surface area contributed by atoms with Gasteiger partial charge in [0.25, 0.3) is 5.91 Å². The van der Waals surface area contributed by atoms with Crippen LogP contribution in [-0.4, -0.2) is 20.9 Å².